The predicted molar refractivity (Wildman–Crippen MR) is 74.6 cm³/mol. The number of amides is 1. The SMILES string of the molecule is O=C(NCCCCI)c1ccc(F)c(Br)c1. The first-order valence-corrected chi connectivity index (χ1v) is 7.26. The zero-order valence-electron chi connectivity index (χ0n) is 8.60. The number of hydrogen-bond acceptors (Lipinski definition) is 1. The van der Waals surface area contributed by atoms with E-state index >= 15 is 0 Å². The van der Waals surface area contributed by atoms with E-state index in [1.165, 1.54) is 18.2 Å². The molecule has 1 rings (SSSR count). The van der Waals surface area contributed by atoms with E-state index in [0.717, 1.165) is 17.3 Å². The maximum Gasteiger partial charge on any atom is 0.251 e. The first kappa shape index (κ1) is 13.9. The largest absolute Gasteiger partial charge is 0.352 e. The highest BCUT2D eigenvalue weighted by molar-refractivity contribution is 14.1. The van der Waals surface area contributed by atoms with Crippen LogP contribution in [0.1, 0.15) is 23.2 Å². The Morgan fingerprint density at radius 3 is 2.81 bits per heavy atom. The molecule has 0 radical (unpaired) electrons. The average Bonchev–Trinajstić information content (AvgIpc) is 2.28. The minimum absolute atomic E-state index is 0.158. The van der Waals surface area contributed by atoms with Crippen LogP contribution in [0, 0.1) is 5.82 Å². The Morgan fingerprint density at radius 2 is 2.19 bits per heavy atom. The van der Waals surface area contributed by atoms with Crippen molar-refractivity contribution in [1.82, 2.24) is 5.32 Å². The zero-order chi connectivity index (χ0) is 12.0. The van der Waals surface area contributed by atoms with Crippen molar-refractivity contribution >= 4 is 44.4 Å². The van der Waals surface area contributed by atoms with Gasteiger partial charge in [0.15, 0.2) is 0 Å². The summed E-state index contributed by atoms with van der Waals surface area (Å²) in [5, 5.41) is 2.79. The van der Waals surface area contributed by atoms with Crippen LogP contribution in [0.3, 0.4) is 0 Å². The number of benzene rings is 1. The summed E-state index contributed by atoms with van der Waals surface area (Å²) in [6, 6.07) is 4.25. The van der Waals surface area contributed by atoms with Gasteiger partial charge >= 0.3 is 0 Å². The number of rotatable bonds is 5. The lowest BCUT2D eigenvalue weighted by Gasteiger charge is -2.05. The van der Waals surface area contributed by atoms with Crippen molar-refractivity contribution in [3.8, 4) is 0 Å². The quantitative estimate of drug-likeness (QED) is 0.458. The second-order valence-electron chi connectivity index (χ2n) is 3.28. The topological polar surface area (TPSA) is 29.1 Å². The second-order valence-corrected chi connectivity index (χ2v) is 5.21. The van der Waals surface area contributed by atoms with E-state index in [1.807, 2.05) is 0 Å². The minimum Gasteiger partial charge on any atom is -0.352 e. The standard InChI is InChI=1S/C11H12BrFINO/c12-9-7-8(3-4-10(9)13)11(16)15-6-2-1-5-14/h3-4,7H,1-2,5-6H2,(H,15,16). The molecule has 0 saturated carbocycles. The molecule has 0 aliphatic rings. The van der Waals surface area contributed by atoms with Gasteiger partial charge in [-0.25, -0.2) is 4.39 Å². The van der Waals surface area contributed by atoms with Gasteiger partial charge in [-0.3, -0.25) is 4.79 Å². The molecule has 1 aromatic rings. The van der Waals surface area contributed by atoms with Gasteiger partial charge in [0, 0.05) is 12.1 Å². The van der Waals surface area contributed by atoms with Crippen LogP contribution in [-0.4, -0.2) is 16.9 Å². The molecule has 0 aliphatic carbocycles. The maximum absolute atomic E-state index is 12.9. The Bertz CT molecular complexity index is 373. The van der Waals surface area contributed by atoms with Crippen LogP contribution in [0.15, 0.2) is 22.7 Å². The molecule has 0 bridgehead atoms. The van der Waals surface area contributed by atoms with E-state index in [9.17, 15) is 9.18 Å². The van der Waals surface area contributed by atoms with Crippen LogP contribution in [0.4, 0.5) is 4.39 Å². The Kier molecular flexibility index (Phi) is 6.26. The normalized spacial score (nSPS) is 10.2. The average molecular weight is 400 g/mol. The van der Waals surface area contributed by atoms with Crippen molar-refractivity contribution in [2.45, 2.75) is 12.8 Å². The summed E-state index contributed by atoms with van der Waals surface area (Å²) in [5.41, 5.74) is 0.475. The molecule has 0 fully saturated rings. The van der Waals surface area contributed by atoms with Crippen molar-refractivity contribution in [2.75, 3.05) is 11.0 Å². The van der Waals surface area contributed by atoms with Crippen LogP contribution < -0.4 is 5.32 Å². The van der Waals surface area contributed by atoms with E-state index in [4.69, 9.17) is 0 Å². The van der Waals surface area contributed by atoms with Crippen LogP contribution >= 0.6 is 38.5 Å². The molecule has 0 saturated heterocycles. The molecular formula is C11H12BrFINO. The number of carbonyl (C=O) groups excluding carboxylic acids is 1. The van der Waals surface area contributed by atoms with Crippen LogP contribution in [0.2, 0.25) is 0 Å². The van der Waals surface area contributed by atoms with Gasteiger partial charge in [-0.2, -0.15) is 0 Å². The predicted octanol–water partition coefficient (Wildman–Crippen LogP) is 3.53. The van der Waals surface area contributed by atoms with E-state index in [-0.39, 0.29) is 11.7 Å². The van der Waals surface area contributed by atoms with Crippen molar-refractivity contribution in [1.29, 1.82) is 0 Å². The fourth-order valence-corrected chi connectivity index (χ4v) is 2.08. The Balaban J connectivity index is 2.50. The molecule has 0 heterocycles. The van der Waals surface area contributed by atoms with Crippen molar-refractivity contribution < 1.29 is 9.18 Å². The highest BCUT2D eigenvalue weighted by Crippen LogP contribution is 2.16. The molecule has 1 amide bonds. The van der Waals surface area contributed by atoms with Crippen molar-refractivity contribution in [3.05, 3.63) is 34.1 Å². The third-order valence-corrected chi connectivity index (χ3v) is 3.40. The van der Waals surface area contributed by atoms with Crippen LogP contribution in [0.25, 0.3) is 0 Å². The first-order valence-electron chi connectivity index (χ1n) is 4.94. The smallest absolute Gasteiger partial charge is 0.251 e. The maximum atomic E-state index is 12.9. The molecule has 0 aliphatic heterocycles. The number of unbranched alkanes of at least 4 members (excludes halogenated alkanes) is 1. The number of carbonyl (C=O) groups is 1. The van der Waals surface area contributed by atoms with Crippen molar-refractivity contribution in [2.24, 2.45) is 0 Å². The van der Waals surface area contributed by atoms with Gasteiger partial charge in [-0.15, -0.1) is 0 Å². The molecular weight excluding hydrogens is 388 g/mol. The molecule has 0 spiro atoms. The summed E-state index contributed by atoms with van der Waals surface area (Å²) in [4.78, 5) is 11.6. The van der Waals surface area contributed by atoms with Gasteiger partial charge in [-0.1, -0.05) is 22.6 Å². The van der Waals surface area contributed by atoms with Gasteiger partial charge in [0.25, 0.3) is 5.91 Å². The summed E-state index contributed by atoms with van der Waals surface area (Å²) in [7, 11) is 0. The van der Waals surface area contributed by atoms with Gasteiger partial charge in [0.2, 0.25) is 0 Å². The molecule has 0 atom stereocenters. The lowest BCUT2D eigenvalue weighted by atomic mass is 10.2. The Hall–Kier alpha value is -0.170. The monoisotopic (exact) mass is 399 g/mol. The van der Waals surface area contributed by atoms with Gasteiger partial charge < -0.3 is 5.32 Å². The zero-order valence-corrected chi connectivity index (χ0v) is 12.3. The molecule has 16 heavy (non-hydrogen) atoms. The van der Waals surface area contributed by atoms with Gasteiger partial charge in [0.05, 0.1) is 4.47 Å². The van der Waals surface area contributed by atoms with Crippen LogP contribution in [-0.2, 0) is 0 Å². The summed E-state index contributed by atoms with van der Waals surface area (Å²) < 4.78 is 14.3. The first-order chi connectivity index (χ1) is 7.65. The summed E-state index contributed by atoms with van der Waals surface area (Å²) >= 11 is 5.35. The number of halogens is 3. The highest BCUT2D eigenvalue weighted by atomic mass is 127. The summed E-state index contributed by atoms with van der Waals surface area (Å²) in [5.74, 6) is -0.518. The highest BCUT2D eigenvalue weighted by Gasteiger charge is 2.07. The van der Waals surface area contributed by atoms with E-state index in [2.05, 4.69) is 43.8 Å². The Morgan fingerprint density at radius 1 is 1.44 bits per heavy atom. The molecule has 0 unspecified atom stereocenters. The van der Waals surface area contributed by atoms with E-state index < -0.39 is 0 Å². The summed E-state index contributed by atoms with van der Waals surface area (Å²) in [6.45, 7) is 0.664. The lowest BCUT2D eigenvalue weighted by Crippen LogP contribution is -2.24. The number of alkyl halides is 1. The molecule has 88 valence electrons. The third-order valence-electron chi connectivity index (χ3n) is 2.03. The number of nitrogens with one attached hydrogen (secondary N) is 1. The fraction of sp³-hybridized carbons (Fsp3) is 0.364. The minimum atomic E-state index is -0.360. The fourth-order valence-electron chi connectivity index (χ4n) is 1.16. The van der Waals surface area contributed by atoms with E-state index in [1.54, 1.807) is 0 Å². The van der Waals surface area contributed by atoms with Gasteiger partial charge in [-0.05, 0) is 51.4 Å². The van der Waals surface area contributed by atoms with E-state index in [0.29, 0.717) is 16.6 Å². The Labute approximate surface area is 116 Å². The molecule has 1 N–H and O–H groups in total. The second kappa shape index (κ2) is 7.21. The molecule has 5 heteroatoms. The lowest BCUT2D eigenvalue weighted by molar-refractivity contribution is 0.0953. The number of hydrogen-bond donors (Lipinski definition) is 1. The van der Waals surface area contributed by atoms with Crippen LogP contribution in [0.5, 0.6) is 0 Å². The third kappa shape index (κ3) is 4.37. The molecule has 0 aromatic heterocycles. The molecule has 1 aromatic carbocycles. The molecule has 2 nitrogen and oxygen atoms in total. The van der Waals surface area contributed by atoms with Gasteiger partial charge in [0.1, 0.15) is 5.82 Å². The van der Waals surface area contributed by atoms with Crippen molar-refractivity contribution in [3.63, 3.8) is 0 Å². The summed E-state index contributed by atoms with van der Waals surface area (Å²) in [6.07, 6.45) is 2.06.